The lowest BCUT2D eigenvalue weighted by Gasteiger charge is -2.17. The summed E-state index contributed by atoms with van der Waals surface area (Å²) in [5, 5.41) is 12.0. The van der Waals surface area contributed by atoms with Crippen molar-refractivity contribution in [2.45, 2.75) is 33.6 Å². The number of nitrogens with zero attached hydrogens (tertiary/aromatic N) is 6. The van der Waals surface area contributed by atoms with Gasteiger partial charge in [-0.15, -0.1) is 5.10 Å². The average molecular weight is 488 g/mol. The van der Waals surface area contributed by atoms with Crippen LogP contribution in [-0.4, -0.2) is 56.3 Å². The number of benzene rings is 2. The van der Waals surface area contributed by atoms with Gasteiger partial charge in [0.25, 0.3) is 0 Å². The third-order valence-electron chi connectivity index (χ3n) is 6.95. The molecule has 5 rings (SSSR count). The maximum Gasteiger partial charge on any atom is 0.190 e. The summed E-state index contributed by atoms with van der Waals surface area (Å²) in [4.78, 5) is 6.75. The van der Waals surface area contributed by atoms with Gasteiger partial charge in [-0.1, -0.05) is 18.2 Å². The van der Waals surface area contributed by atoms with Crippen molar-refractivity contribution in [3.63, 3.8) is 0 Å². The van der Waals surface area contributed by atoms with Crippen molar-refractivity contribution in [3.05, 3.63) is 65.1 Å². The van der Waals surface area contributed by atoms with Crippen molar-refractivity contribution >= 4 is 5.82 Å². The number of aryl methyl sites for hydroxylation is 1. The topological polar surface area (TPSA) is 95.0 Å². The van der Waals surface area contributed by atoms with Gasteiger partial charge in [0.2, 0.25) is 0 Å². The van der Waals surface area contributed by atoms with Gasteiger partial charge in [-0.25, -0.2) is 9.37 Å². The van der Waals surface area contributed by atoms with Crippen molar-refractivity contribution in [1.82, 2.24) is 30.1 Å². The van der Waals surface area contributed by atoms with Gasteiger partial charge >= 0.3 is 0 Å². The van der Waals surface area contributed by atoms with Crippen LogP contribution in [0.4, 0.5) is 10.2 Å². The number of aromatic nitrogens is 5. The van der Waals surface area contributed by atoms with Crippen LogP contribution in [0.15, 0.2) is 42.6 Å². The Hall–Kier alpha value is -3.85. The zero-order valence-electron chi connectivity index (χ0n) is 20.8. The van der Waals surface area contributed by atoms with Crippen LogP contribution in [0.3, 0.4) is 0 Å². The van der Waals surface area contributed by atoms with Crippen molar-refractivity contribution in [2.75, 3.05) is 32.0 Å². The summed E-state index contributed by atoms with van der Waals surface area (Å²) in [6, 6.07) is 11.4. The fraction of sp³-hybridized carbons (Fsp3) is 0.333. The molecule has 1 aliphatic heterocycles. The summed E-state index contributed by atoms with van der Waals surface area (Å²) in [5.74, 6) is 0.648. The van der Waals surface area contributed by atoms with E-state index in [1.165, 1.54) is 23.1 Å². The number of hydrogen-bond donors (Lipinski definition) is 1. The van der Waals surface area contributed by atoms with Gasteiger partial charge in [0.1, 0.15) is 23.9 Å². The summed E-state index contributed by atoms with van der Waals surface area (Å²) in [6.07, 6.45) is 4.18. The summed E-state index contributed by atoms with van der Waals surface area (Å²) < 4.78 is 22.8. The Morgan fingerprint density at radius 3 is 2.64 bits per heavy atom. The van der Waals surface area contributed by atoms with Gasteiger partial charge < -0.3 is 10.5 Å². The molecule has 3 heterocycles. The van der Waals surface area contributed by atoms with Gasteiger partial charge in [0.05, 0.1) is 5.56 Å². The molecule has 0 unspecified atom stereocenters. The van der Waals surface area contributed by atoms with Crippen molar-refractivity contribution in [1.29, 1.82) is 0 Å². The van der Waals surface area contributed by atoms with E-state index in [-0.39, 0.29) is 11.5 Å². The minimum Gasteiger partial charge on any atom is -0.492 e. The minimum absolute atomic E-state index is 0.218. The highest BCUT2D eigenvalue weighted by Crippen LogP contribution is 2.33. The van der Waals surface area contributed by atoms with Gasteiger partial charge in [-0.3, -0.25) is 4.90 Å². The highest BCUT2D eigenvalue weighted by molar-refractivity contribution is 5.78. The predicted molar refractivity (Wildman–Crippen MR) is 138 cm³/mol. The summed E-state index contributed by atoms with van der Waals surface area (Å²) in [5.41, 5.74) is 11.6. The van der Waals surface area contributed by atoms with E-state index in [1.807, 2.05) is 18.2 Å². The molecule has 1 fully saturated rings. The highest BCUT2D eigenvalue weighted by atomic mass is 19.1. The normalized spacial score (nSPS) is 13.9. The fourth-order valence-corrected chi connectivity index (χ4v) is 4.65. The van der Waals surface area contributed by atoms with Crippen LogP contribution in [0, 0.1) is 26.6 Å². The largest absolute Gasteiger partial charge is 0.492 e. The first kappa shape index (κ1) is 23.9. The molecular weight excluding hydrogens is 457 g/mol. The smallest absolute Gasteiger partial charge is 0.190 e. The van der Waals surface area contributed by atoms with Gasteiger partial charge in [0, 0.05) is 23.9 Å². The highest BCUT2D eigenvalue weighted by Gasteiger charge is 2.21. The Balaban J connectivity index is 1.46. The van der Waals surface area contributed by atoms with E-state index in [1.54, 1.807) is 25.3 Å². The number of pyridine rings is 1. The zero-order chi connectivity index (χ0) is 25.2. The van der Waals surface area contributed by atoms with Crippen LogP contribution in [0.2, 0.25) is 0 Å². The Kier molecular flexibility index (Phi) is 6.65. The molecule has 0 amide bonds. The quantitative estimate of drug-likeness (QED) is 0.410. The molecule has 8 nitrogen and oxygen atoms in total. The van der Waals surface area contributed by atoms with E-state index in [4.69, 9.17) is 10.5 Å². The second kappa shape index (κ2) is 10.0. The molecule has 2 N–H and O–H groups in total. The minimum atomic E-state index is -0.445. The lowest BCUT2D eigenvalue weighted by atomic mass is 9.97. The fourth-order valence-electron chi connectivity index (χ4n) is 4.65. The SMILES string of the molecule is Cc1cccc(-c2cnc(N)c(-c3nnnn3-c3ccc(OCCN4CCCC4)c(C)c3F)c2)c1C. The molecule has 0 spiro atoms. The maximum atomic E-state index is 15.5. The lowest BCUT2D eigenvalue weighted by molar-refractivity contribution is 0.236. The number of tetrazole rings is 1. The maximum absolute atomic E-state index is 15.5. The molecule has 36 heavy (non-hydrogen) atoms. The number of hydrogen-bond acceptors (Lipinski definition) is 7. The molecule has 9 heteroatoms. The van der Waals surface area contributed by atoms with Crippen molar-refractivity contribution in [3.8, 4) is 34.0 Å². The van der Waals surface area contributed by atoms with E-state index in [2.05, 4.69) is 45.3 Å². The molecule has 0 aliphatic carbocycles. The molecule has 1 saturated heterocycles. The van der Waals surface area contributed by atoms with E-state index < -0.39 is 5.82 Å². The molecule has 186 valence electrons. The van der Waals surface area contributed by atoms with Crippen molar-refractivity contribution < 1.29 is 9.13 Å². The molecule has 0 saturated carbocycles. The lowest BCUT2D eigenvalue weighted by Crippen LogP contribution is -2.25. The summed E-state index contributed by atoms with van der Waals surface area (Å²) in [6.45, 7) is 9.38. The molecule has 1 aliphatic rings. The monoisotopic (exact) mass is 487 g/mol. The molecular formula is C27H30FN7O. The van der Waals surface area contributed by atoms with Crippen LogP contribution in [-0.2, 0) is 0 Å². The molecule has 4 aromatic rings. The van der Waals surface area contributed by atoms with Gasteiger partial charge in [-0.05, 0) is 92.0 Å². The first-order chi connectivity index (χ1) is 17.4. The molecule has 0 radical (unpaired) electrons. The van der Waals surface area contributed by atoms with Crippen molar-refractivity contribution in [2.24, 2.45) is 0 Å². The number of rotatable bonds is 7. The molecule has 2 aromatic carbocycles. The standard InChI is InChI=1S/C27H30FN7O/c1-17-7-6-8-21(18(17)2)20-15-22(26(29)30-16-20)27-31-32-33-35(27)23-9-10-24(19(3)25(23)28)36-14-13-34-11-4-5-12-34/h6-10,15-16H,4-5,11-14H2,1-3H3,(H2,29,30). The Morgan fingerprint density at radius 1 is 1.03 bits per heavy atom. The van der Waals surface area contributed by atoms with E-state index in [0.29, 0.717) is 29.3 Å². The molecule has 0 bridgehead atoms. The first-order valence-corrected chi connectivity index (χ1v) is 12.2. The van der Waals surface area contributed by atoms with Crippen LogP contribution < -0.4 is 10.5 Å². The summed E-state index contributed by atoms with van der Waals surface area (Å²) in [7, 11) is 0. The second-order valence-corrected chi connectivity index (χ2v) is 9.24. The third kappa shape index (κ3) is 4.54. The van der Waals surface area contributed by atoms with E-state index in [9.17, 15) is 0 Å². The predicted octanol–water partition coefficient (Wildman–Crippen LogP) is 4.51. The Bertz CT molecular complexity index is 1400. The number of likely N-dealkylation sites (tertiary alicyclic amines) is 1. The number of ether oxygens (including phenoxy) is 1. The van der Waals surface area contributed by atoms with E-state index in [0.717, 1.165) is 36.3 Å². The average Bonchev–Trinajstić information content (AvgIpc) is 3.57. The van der Waals surface area contributed by atoms with E-state index >= 15 is 4.39 Å². The summed E-state index contributed by atoms with van der Waals surface area (Å²) >= 11 is 0. The molecule has 0 atom stereocenters. The number of halogens is 1. The Morgan fingerprint density at radius 2 is 1.83 bits per heavy atom. The zero-order valence-corrected chi connectivity index (χ0v) is 20.8. The molecule has 2 aromatic heterocycles. The number of anilines is 1. The van der Waals surface area contributed by atoms with Crippen LogP contribution in [0.5, 0.6) is 5.75 Å². The van der Waals surface area contributed by atoms with Crippen LogP contribution in [0.25, 0.3) is 28.2 Å². The van der Waals surface area contributed by atoms with Crippen LogP contribution >= 0.6 is 0 Å². The Labute approximate surface area is 209 Å². The number of nitrogen functional groups attached to an aromatic ring is 1. The van der Waals surface area contributed by atoms with Gasteiger partial charge in [0.15, 0.2) is 11.6 Å². The second-order valence-electron chi connectivity index (χ2n) is 9.24. The number of nitrogens with two attached hydrogens (primary N) is 1. The first-order valence-electron chi connectivity index (χ1n) is 12.2. The third-order valence-corrected chi connectivity index (χ3v) is 6.95. The van der Waals surface area contributed by atoms with Crippen LogP contribution in [0.1, 0.15) is 29.5 Å². The van der Waals surface area contributed by atoms with Gasteiger partial charge in [-0.2, -0.15) is 4.68 Å².